The zero-order chi connectivity index (χ0) is 14.4. The van der Waals surface area contributed by atoms with Gasteiger partial charge in [-0.15, -0.1) is 11.8 Å². The normalized spacial score (nSPS) is 10.3. The highest BCUT2D eigenvalue weighted by molar-refractivity contribution is 7.99. The van der Waals surface area contributed by atoms with Crippen molar-refractivity contribution in [3.63, 3.8) is 0 Å². The summed E-state index contributed by atoms with van der Waals surface area (Å²) in [5, 5.41) is 0.676. The minimum absolute atomic E-state index is 0.596. The molecule has 0 saturated heterocycles. The molecule has 0 heterocycles. The van der Waals surface area contributed by atoms with Crippen molar-refractivity contribution in [2.75, 3.05) is 25.2 Å². The number of rotatable bonds is 6. The van der Waals surface area contributed by atoms with E-state index in [9.17, 15) is 0 Å². The molecule has 0 saturated carbocycles. The number of methoxy groups -OCH3 is 1. The molecule has 0 bridgehead atoms. The summed E-state index contributed by atoms with van der Waals surface area (Å²) in [5.41, 5.74) is 6.42. The maximum absolute atomic E-state index is 5.89. The fourth-order valence-electron chi connectivity index (χ4n) is 1.67. The molecule has 0 aromatic heterocycles. The van der Waals surface area contributed by atoms with E-state index < -0.39 is 0 Å². The summed E-state index contributed by atoms with van der Waals surface area (Å²) >= 11 is 7.56. The summed E-state index contributed by atoms with van der Waals surface area (Å²) in [6, 6.07) is 13.0. The van der Waals surface area contributed by atoms with Crippen LogP contribution >= 0.6 is 23.4 Å². The minimum Gasteiger partial charge on any atom is -0.496 e. The van der Waals surface area contributed by atoms with Crippen LogP contribution in [-0.2, 0) is 0 Å². The standard InChI is InChI=1S/C15H16ClNO2S/c1-18-14-10-12(17)5-6-15(14)20-8-7-19-13-4-2-3-11(16)9-13/h2-6,9-10H,7-8,17H2,1H3. The first kappa shape index (κ1) is 14.9. The maximum Gasteiger partial charge on any atom is 0.134 e. The average Bonchev–Trinajstić information content (AvgIpc) is 2.45. The van der Waals surface area contributed by atoms with E-state index in [1.54, 1.807) is 24.9 Å². The van der Waals surface area contributed by atoms with Gasteiger partial charge >= 0.3 is 0 Å². The molecule has 0 aliphatic carbocycles. The lowest BCUT2D eigenvalue weighted by molar-refractivity contribution is 0.344. The third-order valence-electron chi connectivity index (χ3n) is 2.59. The fraction of sp³-hybridized carbons (Fsp3) is 0.200. The second-order valence-electron chi connectivity index (χ2n) is 4.06. The third-order valence-corrected chi connectivity index (χ3v) is 3.85. The monoisotopic (exact) mass is 309 g/mol. The number of nitrogens with two attached hydrogens (primary N) is 1. The van der Waals surface area contributed by atoms with Gasteiger partial charge in [-0.25, -0.2) is 0 Å². The number of halogens is 1. The van der Waals surface area contributed by atoms with Gasteiger partial charge in [0.1, 0.15) is 11.5 Å². The molecule has 2 aromatic rings. The van der Waals surface area contributed by atoms with E-state index in [0.29, 0.717) is 17.3 Å². The van der Waals surface area contributed by atoms with Crippen molar-refractivity contribution in [2.24, 2.45) is 0 Å². The van der Waals surface area contributed by atoms with Gasteiger partial charge in [-0.1, -0.05) is 17.7 Å². The molecule has 2 rings (SSSR count). The molecule has 0 aliphatic rings. The Balaban J connectivity index is 1.84. The molecule has 0 spiro atoms. The Morgan fingerprint density at radius 1 is 1.20 bits per heavy atom. The average molecular weight is 310 g/mol. The van der Waals surface area contributed by atoms with Crippen LogP contribution in [0, 0.1) is 0 Å². The van der Waals surface area contributed by atoms with Gasteiger partial charge in [0.25, 0.3) is 0 Å². The van der Waals surface area contributed by atoms with Crippen molar-refractivity contribution in [1.29, 1.82) is 0 Å². The number of benzene rings is 2. The Bertz CT molecular complexity index is 578. The van der Waals surface area contributed by atoms with Gasteiger partial charge in [-0.2, -0.15) is 0 Å². The molecule has 106 valence electrons. The Hall–Kier alpha value is -1.52. The van der Waals surface area contributed by atoms with Crippen LogP contribution in [0.25, 0.3) is 0 Å². The largest absolute Gasteiger partial charge is 0.496 e. The summed E-state index contributed by atoms with van der Waals surface area (Å²) < 4.78 is 10.9. The summed E-state index contributed by atoms with van der Waals surface area (Å²) in [6.07, 6.45) is 0. The van der Waals surface area contributed by atoms with Gasteiger partial charge < -0.3 is 15.2 Å². The second kappa shape index (κ2) is 7.31. The molecule has 5 heteroatoms. The smallest absolute Gasteiger partial charge is 0.134 e. The van der Waals surface area contributed by atoms with E-state index in [1.807, 2.05) is 36.4 Å². The molecule has 0 atom stereocenters. The van der Waals surface area contributed by atoms with Gasteiger partial charge in [0, 0.05) is 27.4 Å². The quantitative estimate of drug-likeness (QED) is 0.495. The number of anilines is 1. The highest BCUT2D eigenvalue weighted by Crippen LogP contribution is 2.30. The molecule has 0 unspecified atom stereocenters. The lowest BCUT2D eigenvalue weighted by atomic mass is 10.3. The molecule has 3 nitrogen and oxygen atoms in total. The number of nitrogen functional groups attached to an aromatic ring is 1. The summed E-state index contributed by atoms with van der Waals surface area (Å²) in [6.45, 7) is 0.596. The first-order valence-electron chi connectivity index (χ1n) is 6.14. The fourth-order valence-corrected chi connectivity index (χ4v) is 2.69. The van der Waals surface area contributed by atoms with E-state index in [0.717, 1.165) is 22.1 Å². The lowest BCUT2D eigenvalue weighted by Gasteiger charge is -2.10. The van der Waals surface area contributed by atoms with Crippen molar-refractivity contribution in [3.8, 4) is 11.5 Å². The van der Waals surface area contributed by atoms with Crippen LogP contribution < -0.4 is 15.2 Å². The number of ether oxygens (including phenoxy) is 2. The predicted octanol–water partition coefficient (Wildman–Crippen LogP) is 4.10. The first-order valence-corrected chi connectivity index (χ1v) is 7.50. The molecule has 0 aliphatic heterocycles. The summed E-state index contributed by atoms with van der Waals surface area (Å²) in [5.74, 6) is 2.38. The van der Waals surface area contributed by atoms with Gasteiger partial charge in [0.15, 0.2) is 0 Å². The number of hydrogen-bond acceptors (Lipinski definition) is 4. The third kappa shape index (κ3) is 4.25. The summed E-state index contributed by atoms with van der Waals surface area (Å²) in [4.78, 5) is 1.05. The van der Waals surface area contributed by atoms with Gasteiger partial charge in [-0.3, -0.25) is 0 Å². The number of hydrogen-bond donors (Lipinski definition) is 1. The highest BCUT2D eigenvalue weighted by Gasteiger charge is 2.04. The molecule has 20 heavy (non-hydrogen) atoms. The van der Waals surface area contributed by atoms with Crippen LogP contribution in [0.1, 0.15) is 0 Å². The van der Waals surface area contributed by atoms with Crippen LogP contribution in [0.2, 0.25) is 5.02 Å². The second-order valence-corrected chi connectivity index (χ2v) is 5.64. The van der Waals surface area contributed by atoms with Crippen LogP contribution in [0.3, 0.4) is 0 Å². The van der Waals surface area contributed by atoms with E-state index >= 15 is 0 Å². The van der Waals surface area contributed by atoms with Crippen LogP contribution in [0.15, 0.2) is 47.4 Å². The Labute approximate surface area is 128 Å². The van der Waals surface area contributed by atoms with Crippen molar-refractivity contribution in [1.82, 2.24) is 0 Å². The maximum atomic E-state index is 5.89. The zero-order valence-electron chi connectivity index (χ0n) is 11.1. The molecular weight excluding hydrogens is 294 g/mol. The van der Waals surface area contributed by atoms with E-state index in [-0.39, 0.29) is 0 Å². The minimum atomic E-state index is 0.596. The molecular formula is C15H16ClNO2S. The van der Waals surface area contributed by atoms with E-state index in [2.05, 4.69) is 0 Å². The Morgan fingerprint density at radius 2 is 2.05 bits per heavy atom. The molecule has 0 radical (unpaired) electrons. The van der Waals surface area contributed by atoms with Crippen LogP contribution in [0.4, 0.5) is 5.69 Å². The first-order chi connectivity index (χ1) is 9.69. The Morgan fingerprint density at radius 3 is 2.80 bits per heavy atom. The lowest BCUT2D eigenvalue weighted by Crippen LogP contribution is -2.00. The topological polar surface area (TPSA) is 44.5 Å². The van der Waals surface area contributed by atoms with E-state index in [4.69, 9.17) is 26.8 Å². The molecule has 0 amide bonds. The van der Waals surface area contributed by atoms with E-state index in [1.165, 1.54) is 0 Å². The summed E-state index contributed by atoms with van der Waals surface area (Å²) in [7, 11) is 1.64. The Kier molecular flexibility index (Phi) is 5.44. The van der Waals surface area contributed by atoms with Crippen LogP contribution in [0.5, 0.6) is 11.5 Å². The van der Waals surface area contributed by atoms with Crippen molar-refractivity contribution >= 4 is 29.1 Å². The van der Waals surface area contributed by atoms with Gasteiger partial charge in [-0.05, 0) is 30.3 Å². The highest BCUT2D eigenvalue weighted by atomic mass is 35.5. The van der Waals surface area contributed by atoms with Crippen molar-refractivity contribution < 1.29 is 9.47 Å². The van der Waals surface area contributed by atoms with Crippen LogP contribution in [-0.4, -0.2) is 19.5 Å². The number of thioether (sulfide) groups is 1. The zero-order valence-corrected chi connectivity index (χ0v) is 12.7. The van der Waals surface area contributed by atoms with Gasteiger partial charge in [0.2, 0.25) is 0 Å². The SMILES string of the molecule is COc1cc(N)ccc1SCCOc1cccc(Cl)c1. The van der Waals surface area contributed by atoms with Crippen molar-refractivity contribution in [2.45, 2.75) is 4.90 Å². The molecule has 2 aromatic carbocycles. The van der Waals surface area contributed by atoms with Gasteiger partial charge in [0.05, 0.1) is 13.7 Å². The molecule has 0 fully saturated rings. The van der Waals surface area contributed by atoms with Crippen molar-refractivity contribution in [3.05, 3.63) is 47.5 Å². The predicted molar refractivity (Wildman–Crippen MR) is 85.1 cm³/mol. The molecule has 2 N–H and O–H groups in total.